The molecule has 1 N–H and O–H groups in total. The summed E-state index contributed by atoms with van der Waals surface area (Å²) in [4.78, 5) is 23.0. The van der Waals surface area contributed by atoms with E-state index in [0.717, 1.165) is 43.5 Å². The summed E-state index contributed by atoms with van der Waals surface area (Å²) in [7, 11) is 1.36. The van der Waals surface area contributed by atoms with Crippen molar-refractivity contribution in [3.8, 4) is 49.5 Å². The number of carbonyl (C=O) groups excluding carboxylic acids is 1. The number of methoxy groups -OCH3 is 1. The minimum atomic E-state index is -0.581. The van der Waals surface area contributed by atoms with Gasteiger partial charge in [0.25, 0.3) is 0 Å². The monoisotopic (exact) mass is 542 g/mol. The molecule has 0 bridgehead atoms. The van der Waals surface area contributed by atoms with E-state index >= 15 is 0 Å². The van der Waals surface area contributed by atoms with E-state index in [-0.39, 0.29) is 0 Å². The number of anilines is 1. The first-order valence-corrected chi connectivity index (χ1v) is 13.7. The van der Waals surface area contributed by atoms with Crippen LogP contribution in [0.4, 0.5) is 10.6 Å². The summed E-state index contributed by atoms with van der Waals surface area (Å²) in [5.74, 6) is 1.19. The minimum Gasteiger partial charge on any atom is -0.453 e. The van der Waals surface area contributed by atoms with Gasteiger partial charge in [0.2, 0.25) is 0 Å². The number of benzene rings is 4. The van der Waals surface area contributed by atoms with Crippen LogP contribution in [0.15, 0.2) is 115 Å². The van der Waals surface area contributed by atoms with Gasteiger partial charge in [-0.15, -0.1) is 0 Å². The molecule has 0 radical (unpaired) electrons. The summed E-state index contributed by atoms with van der Waals surface area (Å²) in [6.45, 7) is 2.05. The number of aromatic nitrogens is 3. The molecule has 0 fully saturated rings. The van der Waals surface area contributed by atoms with E-state index in [1.165, 1.54) is 7.11 Å². The van der Waals surface area contributed by atoms with Gasteiger partial charge in [0.15, 0.2) is 0 Å². The molecule has 0 aliphatic rings. The summed E-state index contributed by atoms with van der Waals surface area (Å²) in [6.07, 6.45) is -0.581. The van der Waals surface area contributed by atoms with E-state index in [9.17, 15) is 4.79 Å². The standard InChI is InChI=1S/C33H26N4O2S/c1-22-18-20-25(21-19-22)29-34-27(23-12-6-3-7-13-23)30(36-33(38)39-2)37(29)32-28(24-14-8-4-9-15-24)35-31(40-32)26-16-10-5-11-17-26/h3-21H,1-2H3,(H,36,38). The maximum absolute atomic E-state index is 12.7. The van der Waals surface area contributed by atoms with Crippen LogP contribution >= 0.6 is 11.3 Å². The number of hydrogen-bond donors (Lipinski definition) is 1. The van der Waals surface area contributed by atoms with E-state index in [2.05, 4.69) is 36.5 Å². The zero-order valence-electron chi connectivity index (χ0n) is 22.0. The van der Waals surface area contributed by atoms with Crippen molar-refractivity contribution in [1.29, 1.82) is 0 Å². The molecular formula is C33H26N4O2S. The number of hydrogen-bond acceptors (Lipinski definition) is 5. The van der Waals surface area contributed by atoms with Crippen molar-refractivity contribution in [3.63, 3.8) is 0 Å². The normalized spacial score (nSPS) is 10.8. The molecule has 2 aromatic heterocycles. The number of rotatable bonds is 6. The van der Waals surface area contributed by atoms with E-state index < -0.39 is 6.09 Å². The van der Waals surface area contributed by atoms with Crippen LogP contribution in [0.1, 0.15) is 5.56 Å². The zero-order valence-corrected chi connectivity index (χ0v) is 22.9. The highest BCUT2D eigenvalue weighted by atomic mass is 32.1. The number of nitrogens with one attached hydrogen (secondary N) is 1. The third kappa shape index (κ3) is 4.90. The Kier molecular flexibility index (Phi) is 6.95. The van der Waals surface area contributed by atoms with E-state index in [4.69, 9.17) is 14.7 Å². The van der Waals surface area contributed by atoms with Gasteiger partial charge in [0.1, 0.15) is 33.0 Å². The zero-order chi connectivity index (χ0) is 27.5. The molecule has 0 aliphatic carbocycles. The summed E-state index contributed by atoms with van der Waals surface area (Å²) >= 11 is 1.55. The molecular weight excluding hydrogens is 516 g/mol. The number of imidazole rings is 1. The van der Waals surface area contributed by atoms with Crippen molar-refractivity contribution in [1.82, 2.24) is 14.5 Å². The quantitative estimate of drug-likeness (QED) is 0.229. The van der Waals surface area contributed by atoms with Gasteiger partial charge in [-0.3, -0.25) is 9.88 Å². The lowest BCUT2D eigenvalue weighted by Crippen LogP contribution is -2.15. The Balaban J connectivity index is 1.69. The van der Waals surface area contributed by atoms with Crippen LogP contribution < -0.4 is 5.32 Å². The molecule has 0 atom stereocenters. The summed E-state index contributed by atoms with van der Waals surface area (Å²) < 4.78 is 7.05. The van der Waals surface area contributed by atoms with Gasteiger partial charge in [-0.25, -0.2) is 14.8 Å². The van der Waals surface area contributed by atoms with Crippen molar-refractivity contribution in [2.45, 2.75) is 6.92 Å². The van der Waals surface area contributed by atoms with Crippen LogP contribution in [0.2, 0.25) is 0 Å². The lowest BCUT2D eigenvalue weighted by atomic mass is 10.1. The summed E-state index contributed by atoms with van der Waals surface area (Å²) in [5, 5.41) is 4.67. The second-order valence-corrected chi connectivity index (χ2v) is 10.2. The Morgan fingerprint density at radius 3 is 1.82 bits per heavy atom. The molecule has 196 valence electrons. The smallest absolute Gasteiger partial charge is 0.412 e. The fourth-order valence-corrected chi connectivity index (χ4v) is 5.63. The molecule has 4 aromatic carbocycles. The average molecular weight is 543 g/mol. The molecule has 0 saturated heterocycles. The van der Waals surface area contributed by atoms with Crippen molar-refractivity contribution >= 4 is 23.2 Å². The average Bonchev–Trinajstić information content (AvgIpc) is 3.61. The van der Waals surface area contributed by atoms with Gasteiger partial charge >= 0.3 is 6.09 Å². The Morgan fingerprint density at radius 2 is 1.25 bits per heavy atom. The molecule has 0 unspecified atom stereocenters. The Labute approximate surface area is 236 Å². The number of thiazole rings is 1. The maximum atomic E-state index is 12.7. The van der Waals surface area contributed by atoms with Crippen molar-refractivity contribution in [2.75, 3.05) is 12.4 Å². The molecule has 0 saturated carbocycles. The molecule has 40 heavy (non-hydrogen) atoms. The van der Waals surface area contributed by atoms with Gasteiger partial charge in [0, 0.05) is 22.3 Å². The number of ether oxygens (including phenoxy) is 1. The van der Waals surface area contributed by atoms with Gasteiger partial charge in [-0.2, -0.15) is 0 Å². The van der Waals surface area contributed by atoms with Gasteiger partial charge < -0.3 is 4.74 Å². The van der Waals surface area contributed by atoms with Gasteiger partial charge in [-0.1, -0.05) is 132 Å². The van der Waals surface area contributed by atoms with Crippen LogP contribution in [0, 0.1) is 6.92 Å². The third-order valence-electron chi connectivity index (χ3n) is 6.52. The largest absolute Gasteiger partial charge is 0.453 e. The Bertz CT molecular complexity index is 1760. The second-order valence-electron chi connectivity index (χ2n) is 9.22. The van der Waals surface area contributed by atoms with Crippen LogP contribution in [0.25, 0.3) is 49.5 Å². The lowest BCUT2D eigenvalue weighted by molar-refractivity contribution is 0.187. The van der Waals surface area contributed by atoms with Gasteiger partial charge in [-0.05, 0) is 6.92 Å². The van der Waals surface area contributed by atoms with Crippen LogP contribution in [0.5, 0.6) is 0 Å². The summed E-state index contributed by atoms with van der Waals surface area (Å²) in [6, 6.07) is 38.2. The molecule has 6 aromatic rings. The first-order chi connectivity index (χ1) is 19.6. The molecule has 6 nitrogen and oxygen atoms in total. The van der Waals surface area contributed by atoms with Crippen molar-refractivity contribution in [2.24, 2.45) is 0 Å². The molecule has 0 spiro atoms. The Morgan fingerprint density at radius 1 is 0.700 bits per heavy atom. The van der Waals surface area contributed by atoms with E-state index in [1.807, 2.05) is 95.6 Å². The number of nitrogens with zero attached hydrogens (tertiary/aromatic N) is 3. The topological polar surface area (TPSA) is 69.0 Å². The van der Waals surface area contributed by atoms with Crippen molar-refractivity contribution < 1.29 is 9.53 Å². The first-order valence-electron chi connectivity index (χ1n) is 12.8. The second kappa shape index (κ2) is 11.0. The SMILES string of the molecule is COC(=O)Nc1c(-c2ccccc2)nc(-c2ccc(C)cc2)n1-c1sc(-c2ccccc2)nc1-c1ccccc1. The molecule has 0 aliphatic heterocycles. The van der Waals surface area contributed by atoms with E-state index in [1.54, 1.807) is 11.3 Å². The molecule has 2 heterocycles. The fourth-order valence-electron chi connectivity index (χ4n) is 4.53. The Hall–Kier alpha value is -5.01. The number of amides is 1. The lowest BCUT2D eigenvalue weighted by Gasteiger charge is -2.13. The summed E-state index contributed by atoms with van der Waals surface area (Å²) in [5.41, 5.74) is 6.33. The highest BCUT2D eigenvalue weighted by Crippen LogP contribution is 2.43. The van der Waals surface area contributed by atoms with Crippen LogP contribution in [-0.2, 0) is 4.74 Å². The van der Waals surface area contributed by atoms with E-state index in [0.29, 0.717) is 17.3 Å². The number of carbonyl (C=O) groups is 1. The maximum Gasteiger partial charge on any atom is 0.412 e. The molecule has 7 heteroatoms. The third-order valence-corrected chi connectivity index (χ3v) is 7.61. The fraction of sp³-hybridized carbons (Fsp3) is 0.0606. The number of aryl methyl sites for hydroxylation is 1. The van der Waals surface area contributed by atoms with Crippen molar-refractivity contribution in [3.05, 3.63) is 121 Å². The minimum absolute atomic E-state index is 0.508. The molecule has 6 rings (SSSR count). The van der Waals surface area contributed by atoms with Crippen LogP contribution in [-0.4, -0.2) is 27.7 Å². The van der Waals surface area contributed by atoms with Crippen LogP contribution in [0.3, 0.4) is 0 Å². The first kappa shape index (κ1) is 25.3. The highest BCUT2D eigenvalue weighted by molar-refractivity contribution is 7.18. The molecule has 1 amide bonds. The van der Waals surface area contributed by atoms with Gasteiger partial charge in [0.05, 0.1) is 7.11 Å². The predicted molar refractivity (Wildman–Crippen MR) is 162 cm³/mol. The highest BCUT2D eigenvalue weighted by Gasteiger charge is 2.27. The predicted octanol–water partition coefficient (Wildman–Crippen LogP) is 8.48.